The lowest BCUT2D eigenvalue weighted by molar-refractivity contribution is -0.135. The number of hydrogen-bond donors (Lipinski definition) is 0. The average molecular weight is 366 g/mol. The Morgan fingerprint density at radius 1 is 1.11 bits per heavy atom. The van der Waals surface area contributed by atoms with E-state index in [0.717, 1.165) is 54.8 Å². The van der Waals surface area contributed by atoms with Crippen LogP contribution in [0.1, 0.15) is 47.9 Å². The molecule has 6 heteroatoms. The molecule has 2 fully saturated rings. The lowest BCUT2D eigenvalue weighted by Crippen LogP contribution is -2.38. The van der Waals surface area contributed by atoms with Crippen LogP contribution in [0.25, 0.3) is 11.0 Å². The van der Waals surface area contributed by atoms with Crippen molar-refractivity contribution < 1.29 is 9.59 Å². The zero-order valence-corrected chi connectivity index (χ0v) is 16.3. The van der Waals surface area contributed by atoms with Crippen LogP contribution in [0.15, 0.2) is 18.2 Å². The normalized spacial score (nSPS) is 22.4. The van der Waals surface area contributed by atoms with E-state index in [2.05, 4.69) is 16.9 Å². The molecule has 2 aliphatic rings. The predicted molar refractivity (Wildman–Crippen MR) is 103 cm³/mol. The number of aromatic nitrogens is 2. The van der Waals surface area contributed by atoms with Gasteiger partial charge in [0.2, 0.25) is 5.91 Å². The Morgan fingerprint density at radius 2 is 1.81 bits per heavy atom. The Hall–Kier alpha value is -2.50. The standard InChI is InChI=1S/C21H26N4O2/c1-4-9-24-10-7-21(20(24)27)8-11-25(13-21)19(26)16-5-6-17-18(12-16)23-15(3)14(2)22-17/h5-6,12H,4,7-11,13H2,1-3H3. The molecular weight excluding hydrogens is 340 g/mol. The fraction of sp³-hybridized carbons (Fsp3) is 0.524. The number of benzene rings is 1. The van der Waals surface area contributed by atoms with E-state index in [1.54, 1.807) is 0 Å². The van der Waals surface area contributed by atoms with Crippen LogP contribution >= 0.6 is 0 Å². The molecule has 1 atom stereocenters. The quantitative estimate of drug-likeness (QED) is 0.838. The highest BCUT2D eigenvalue weighted by atomic mass is 16.2. The molecule has 0 bridgehead atoms. The van der Waals surface area contributed by atoms with Gasteiger partial charge in [-0.2, -0.15) is 0 Å². The van der Waals surface area contributed by atoms with Crippen molar-refractivity contribution in [1.82, 2.24) is 19.8 Å². The molecule has 0 aliphatic carbocycles. The molecule has 2 aromatic rings. The van der Waals surface area contributed by atoms with Crippen LogP contribution in [0.5, 0.6) is 0 Å². The lowest BCUT2D eigenvalue weighted by Gasteiger charge is -2.23. The summed E-state index contributed by atoms with van der Waals surface area (Å²) in [5.74, 6) is 0.214. The fourth-order valence-corrected chi connectivity index (χ4v) is 4.35. The van der Waals surface area contributed by atoms with E-state index in [9.17, 15) is 9.59 Å². The monoisotopic (exact) mass is 366 g/mol. The first-order valence-corrected chi connectivity index (χ1v) is 9.77. The predicted octanol–water partition coefficient (Wildman–Crippen LogP) is 2.72. The van der Waals surface area contributed by atoms with Gasteiger partial charge < -0.3 is 9.80 Å². The van der Waals surface area contributed by atoms with Gasteiger partial charge in [0.1, 0.15) is 0 Å². The van der Waals surface area contributed by atoms with Crippen molar-refractivity contribution in [2.24, 2.45) is 5.41 Å². The Kier molecular flexibility index (Phi) is 4.36. The summed E-state index contributed by atoms with van der Waals surface area (Å²) in [6.07, 6.45) is 2.60. The number of nitrogens with zero attached hydrogens (tertiary/aromatic N) is 4. The molecule has 27 heavy (non-hydrogen) atoms. The van der Waals surface area contributed by atoms with Crippen LogP contribution in [0.3, 0.4) is 0 Å². The Morgan fingerprint density at radius 3 is 2.56 bits per heavy atom. The molecule has 2 saturated heterocycles. The Labute approximate surface area is 159 Å². The maximum absolute atomic E-state index is 13.0. The van der Waals surface area contributed by atoms with Crippen molar-refractivity contribution in [2.75, 3.05) is 26.2 Å². The maximum atomic E-state index is 13.0. The molecule has 4 rings (SSSR count). The van der Waals surface area contributed by atoms with E-state index in [0.29, 0.717) is 18.7 Å². The number of amides is 2. The van der Waals surface area contributed by atoms with Gasteiger partial charge in [0.15, 0.2) is 0 Å². The summed E-state index contributed by atoms with van der Waals surface area (Å²) in [6.45, 7) is 8.76. The van der Waals surface area contributed by atoms with Gasteiger partial charge >= 0.3 is 0 Å². The van der Waals surface area contributed by atoms with Crippen LogP contribution < -0.4 is 0 Å². The van der Waals surface area contributed by atoms with Crippen molar-refractivity contribution in [3.63, 3.8) is 0 Å². The van der Waals surface area contributed by atoms with E-state index < -0.39 is 0 Å². The molecule has 6 nitrogen and oxygen atoms in total. The van der Waals surface area contributed by atoms with Gasteiger partial charge in [-0.1, -0.05) is 6.92 Å². The lowest BCUT2D eigenvalue weighted by atomic mass is 9.85. The van der Waals surface area contributed by atoms with E-state index in [1.165, 1.54) is 0 Å². The molecule has 2 amide bonds. The zero-order chi connectivity index (χ0) is 19.2. The number of fused-ring (bicyclic) bond motifs is 1. The number of carbonyl (C=O) groups excluding carboxylic acids is 2. The number of hydrogen-bond acceptors (Lipinski definition) is 4. The highest BCUT2D eigenvalue weighted by Crippen LogP contribution is 2.41. The summed E-state index contributed by atoms with van der Waals surface area (Å²) in [7, 11) is 0. The van der Waals surface area contributed by atoms with Crippen molar-refractivity contribution in [3.8, 4) is 0 Å². The third kappa shape index (κ3) is 2.97. The number of likely N-dealkylation sites (tertiary alicyclic amines) is 2. The van der Waals surface area contributed by atoms with Gasteiger partial charge in [0.05, 0.1) is 27.8 Å². The minimum atomic E-state index is -0.366. The van der Waals surface area contributed by atoms with Crippen LogP contribution in [0.2, 0.25) is 0 Å². The van der Waals surface area contributed by atoms with Crippen molar-refractivity contribution in [2.45, 2.75) is 40.0 Å². The molecule has 1 spiro atoms. The molecule has 1 aromatic carbocycles. The molecule has 1 aromatic heterocycles. The largest absolute Gasteiger partial charge is 0.342 e. The second kappa shape index (κ2) is 6.59. The molecule has 3 heterocycles. The SMILES string of the molecule is CCCN1CCC2(CCN(C(=O)c3ccc4nc(C)c(C)nc4c3)C2)C1=O. The Bertz CT molecular complexity index is 926. The van der Waals surface area contributed by atoms with E-state index in [-0.39, 0.29) is 17.2 Å². The highest BCUT2D eigenvalue weighted by Gasteiger charge is 2.51. The third-order valence-electron chi connectivity index (χ3n) is 6.06. The van der Waals surface area contributed by atoms with Crippen molar-refractivity contribution >= 4 is 22.8 Å². The molecular formula is C21H26N4O2. The minimum Gasteiger partial charge on any atom is -0.342 e. The van der Waals surface area contributed by atoms with Gasteiger partial charge in [-0.05, 0) is 51.3 Å². The first kappa shape index (κ1) is 17.9. The summed E-state index contributed by atoms with van der Waals surface area (Å²) in [6, 6.07) is 5.50. The van der Waals surface area contributed by atoms with Gasteiger partial charge in [-0.15, -0.1) is 0 Å². The van der Waals surface area contributed by atoms with Gasteiger partial charge in [-0.3, -0.25) is 9.59 Å². The van der Waals surface area contributed by atoms with Gasteiger partial charge in [0, 0.05) is 31.7 Å². The summed E-state index contributed by atoms with van der Waals surface area (Å²) in [4.78, 5) is 38.8. The van der Waals surface area contributed by atoms with Crippen LogP contribution in [-0.2, 0) is 4.79 Å². The van der Waals surface area contributed by atoms with Crippen molar-refractivity contribution in [1.29, 1.82) is 0 Å². The summed E-state index contributed by atoms with van der Waals surface area (Å²) < 4.78 is 0. The third-order valence-corrected chi connectivity index (χ3v) is 6.06. The Balaban J connectivity index is 1.55. The molecule has 142 valence electrons. The van der Waals surface area contributed by atoms with E-state index in [1.807, 2.05) is 41.8 Å². The summed E-state index contributed by atoms with van der Waals surface area (Å²) >= 11 is 0. The van der Waals surface area contributed by atoms with Crippen LogP contribution in [0, 0.1) is 19.3 Å². The minimum absolute atomic E-state index is 0.0180. The summed E-state index contributed by atoms with van der Waals surface area (Å²) in [5.41, 5.74) is 3.57. The first-order valence-electron chi connectivity index (χ1n) is 9.77. The second-order valence-corrected chi connectivity index (χ2v) is 7.90. The maximum Gasteiger partial charge on any atom is 0.253 e. The first-order chi connectivity index (χ1) is 12.9. The number of aryl methyl sites for hydroxylation is 2. The molecule has 0 saturated carbocycles. The smallest absolute Gasteiger partial charge is 0.253 e. The highest BCUT2D eigenvalue weighted by molar-refractivity contribution is 5.98. The number of rotatable bonds is 3. The zero-order valence-electron chi connectivity index (χ0n) is 16.3. The number of carbonyl (C=O) groups is 2. The molecule has 2 aliphatic heterocycles. The topological polar surface area (TPSA) is 66.4 Å². The second-order valence-electron chi connectivity index (χ2n) is 7.90. The van der Waals surface area contributed by atoms with Crippen molar-refractivity contribution in [3.05, 3.63) is 35.2 Å². The van der Waals surface area contributed by atoms with Crippen LogP contribution in [-0.4, -0.2) is 57.8 Å². The van der Waals surface area contributed by atoms with Gasteiger partial charge in [0.25, 0.3) is 5.91 Å². The summed E-state index contributed by atoms with van der Waals surface area (Å²) in [5, 5.41) is 0. The molecule has 0 N–H and O–H groups in total. The van der Waals surface area contributed by atoms with Crippen LogP contribution in [0.4, 0.5) is 0 Å². The molecule has 1 unspecified atom stereocenters. The average Bonchev–Trinajstić information content (AvgIpc) is 3.22. The van der Waals surface area contributed by atoms with Gasteiger partial charge in [-0.25, -0.2) is 9.97 Å². The molecule has 0 radical (unpaired) electrons. The fourth-order valence-electron chi connectivity index (χ4n) is 4.35. The van der Waals surface area contributed by atoms with E-state index in [4.69, 9.17) is 0 Å². The van der Waals surface area contributed by atoms with E-state index >= 15 is 0 Å².